The van der Waals surface area contributed by atoms with Crippen molar-refractivity contribution in [3.05, 3.63) is 0 Å². The van der Waals surface area contributed by atoms with Crippen LogP contribution in [0.4, 0.5) is 4.79 Å². The first-order chi connectivity index (χ1) is 7.04. The highest BCUT2D eigenvalue weighted by atomic mass is 16.6. The van der Waals surface area contributed by atoms with Crippen molar-refractivity contribution < 1.29 is 19.1 Å². The van der Waals surface area contributed by atoms with Crippen molar-refractivity contribution in [1.82, 2.24) is 4.90 Å². The molecule has 0 N–H and O–H groups in total. The second-order valence-electron chi connectivity index (χ2n) is 3.15. The van der Waals surface area contributed by atoms with Gasteiger partial charge in [0.25, 0.3) is 0 Å². The minimum Gasteiger partial charge on any atom is -0.464 e. The third-order valence-corrected chi connectivity index (χ3v) is 1.93. The Bertz CT molecular complexity index is 217. The van der Waals surface area contributed by atoms with Gasteiger partial charge < -0.3 is 9.47 Å². The Morgan fingerprint density at radius 2 is 1.87 bits per heavy atom. The third kappa shape index (κ3) is 4.67. The zero-order chi connectivity index (χ0) is 11.8. The van der Waals surface area contributed by atoms with Gasteiger partial charge in [0.15, 0.2) is 0 Å². The Morgan fingerprint density at radius 1 is 1.27 bits per heavy atom. The minimum atomic E-state index is -0.616. The first-order valence-electron chi connectivity index (χ1n) is 5.10. The minimum absolute atomic E-state index is 0.307. The van der Waals surface area contributed by atoms with Gasteiger partial charge in [0.2, 0.25) is 0 Å². The summed E-state index contributed by atoms with van der Waals surface area (Å²) >= 11 is 0. The Balaban J connectivity index is 4.11. The molecule has 0 rings (SSSR count). The maximum atomic E-state index is 11.3. The van der Waals surface area contributed by atoms with Gasteiger partial charge in [0.05, 0.1) is 13.2 Å². The summed E-state index contributed by atoms with van der Waals surface area (Å²) in [4.78, 5) is 23.9. The molecule has 0 aromatic carbocycles. The van der Waals surface area contributed by atoms with Gasteiger partial charge in [-0.1, -0.05) is 6.92 Å². The number of ether oxygens (including phenoxy) is 2. The van der Waals surface area contributed by atoms with Crippen LogP contribution in [0.5, 0.6) is 0 Å². The molecule has 1 unspecified atom stereocenters. The van der Waals surface area contributed by atoms with Crippen LogP contribution in [0.3, 0.4) is 0 Å². The van der Waals surface area contributed by atoms with Crippen molar-refractivity contribution in [2.45, 2.75) is 33.2 Å². The summed E-state index contributed by atoms with van der Waals surface area (Å²) in [6, 6.07) is -0.616. The zero-order valence-corrected chi connectivity index (χ0v) is 9.78. The standard InChI is InChI=1S/C10H19NO4/c1-5-7-15-10(13)11(4)8(3)9(12)14-6-2/h8H,5-7H2,1-4H3. The quantitative estimate of drug-likeness (QED) is 0.653. The van der Waals surface area contributed by atoms with Crippen molar-refractivity contribution in [1.29, 1.82) is 0 Å². The van der Waals surface area contributed by atoms with E-state index in [1.165, 1.54) is 11.9 Å². The van der Waals surface area contributed by atoms with Gasteiger partial charge in [-0.3, -0.25) is 4.90 Å². The Hall–Kier alpha value is -1.26. The van der Waals surface area contributed by atoms with Crippen molar-refractivity contribution in [2.24, 2.45) is 0 Å². The molecule has 15 heavy (non-hydrogen) atoms. The third-order valence-electron chi connectivity index (χ3n) is 1.93. The fraction of sp³-hybridized carbons (Fsp3) is 0.800. The molecule has 0 saturated carbocycles. The molecule has 0 aromatic rings. The summed E-state index contributed by atoms with van der Waals surface area (Å²) < 4.78 is 9.67. The molecule has 0 bridgehead atoms. The molecule has 0 aliphatic rings. The number of hydrogen-bond acceptors (Lipinski definition) is 4. The SMILES string of the molecule is CCCOC(=O)N(C)C(C)C(=O)OCC. The van der Waals surface area contributed by atoms with Gasteiger partial charge in [-0.2, -0.15) is 0 Å². The maximum Gasteiger partial charge on any atom is 0.410 e. The smallest absolute Gasteiger partial charge is 0.410 e. The van der Waals surface area contributed by atoms with E-state index in [1.54, 1.807) is 13.8 Å². The van der Waals surface area contributed by atoms with E-state index < -0.39 is 18.1 Å². The van der Waals surface area contributed by atoms with Gasteiger partial charge in [-0.05, 0) is 20.3 Å². The van der Waals surface area contributed by atoms with Crippen LogP contribution in [0.15, 0.2) is 0 Å². The summed E-state index contributed by atoms with van der Waals surface area (Å²) in [6.45, 7) is 5.90. The van der Waals surface area contributed by atoms with Crippen LogP contribution in [-0.4, -0.2) is 43.3 Å². The second-order valence-corrected chi connectivity index (χ2v) is 3.15. The first kappa shape index (κ1) is 13.7. The number of rotatable bonds is 5. The molecule has 88 valence electrons. The molecule has 0 aromatic heterocycles. The number of hydrogen-bond donors (Lipinski definition) is 0. The molecular formula is C10H19NO4. The fourth-order valence-electron chi connectivity index (χ4n) is 0.870. The van der Waals surface area contributed by atoms with Crippen molar-refractivity contribution >= 4 is 12.1 Å². The molecule has 0 aliphatic carbocycles. The summed E-state index contributed by atoms with van der Waals surface area (Å²) in [5.41, 5.74) is 0. The lowest BCUT2D eigenvalue weighted by atomic mass is 10.3. The predicted octanol–water partition coefficient (Wildman–Crippen LogP) is 1.42. The van der Waals surface area contributed by atoms with Crippen molar-refractivity contribution in [3.8, 4) is 0 Å². The van der Waals surface area contributed by atoms with Crippen molar-refractivity contribution in [2.75, 3.05) is 20.3 Å². The molecule has 0 saturated heterocycles. The normalized spacial score (nSPS) is 11.7. The van der Waals surface area contributed by atoms with Gasteiger partial charge in [-0.15, -0.1) is 0 Å². The van der Waals surface area contributed by atoms with Crippen LogP contribution >= 0.6 is 0 Å². The number of likely N-dealkylation sites (N-methyl/N-ethyl adjacent to an activating group) is 1. The van der Waals surface area contributed by atoms with Crippen molar-refractivity contribution in [3.63, 3.8) is 0 Å². The van der Waals surface area contributed by atoms with E-state index >= 15 is 0 Å². The lowest BCUT2D eigenvalue weighted by molar-refractivity contribution is -0.147. The van der Waals surface area contributed by atoms with Crippen LogP contribution in [-0.2, 0) is 14.3 Å². The molecule has 0 spiro atoms. The Labute approximate surface area is 90.3 Å². The molecular weight excluding hydrogens is 198 g/mol. The summed E-state index contributed by atoms with van der Waals surface area (Å²) in [7, 11) is 1.51. The van der Waals surface area contributed by atoms with E-state index in [4.69, 9.17) is 9.47 Å². The van der Waals surface area contributed by atoms with Crippen LogP contribution in [0.25, 0.3) is 0 Å². The number of carbonyl (C=O) groups excluding carboxylic acids is 2. The molecule has 5 heteroatoms. The van der Waals surface area contributed by atoms with E-state index in [0.29, 0.717) is 13.2 Å². The highest BCUT2D eigenvalue weighted by molar-refractivity contribution is 5.80. The molecule has 0 fully saturated rings. The molecule has 1 atom stereocenters. The highest BCUT2D eigenvalue weighted by Crippen LogP contribution is 2.01. The molecule has 5 nitrogen and oxygen atoms in total. The zero-order valence-electron chi connectivity index (χ0n) is 9.78. The maximum absolute atomic E-state index is 11.3. The number of nitrogens with zero attached hydrogens (tertiary/aromatic N) is 1. The largest absolute Gasteiger partial charge is 0.464 e. The fourth-order valence-corrected chi connectivity index (χ4v) is 0.870. The molecule has 1 amide bonds. The van der Waals surface area contributed by atoms with Crippen LogP contribution in [0.2, 0.25) is 0 Å². The van der Waals surface area contributed by atoms with Gasteiger partial charge >= 0.3 is 12.1 Å². The van der Waals surface area contributed by atoms with E-state index in [1.807, 2.05) is 6.92 Å². The summed E-state index contributed by atoms with van der Waals surface area (Å²) in [5.74, 6) is -0.423. The number of amides is 1. The lowest BCUT2D eigenvalue weighted by Gasteiger charge is -2.22. The van der Waals surface area contributed by atoms with Gasteiger partial charge in [-0.25, -0.2) is 9.59 Å². The van der Waals surface area contributed by atoms with E-state index in [-0.39, 0.29) is 0 Å². The van der Waals surface area contributed by atoms with E-state index in [0.717, 1.165) is 6.42 Å². The second kappa shape index (κ2) is 7.09. The molecule has 0 radical (unpaired) electrons. The highest BCUT2D eigenvalue weighted by Gasteiger charge is 2.24. The Kier molecular flexibility index (Phi) is 6.49. The predicted molar refractivity (Wildman–Crippen MR) is 55.5 cm³/mol. The average Bonchev–Trinajstić information content (AvgIpc) is 2.24. The first-order valence-corrected chi connectivity index (χ1v) is 5.10. The summed E-state index contributed by atoms with van der Waals surface area (Å²) in [5, 5.41) is 0. The monoisotopic (exact) mass is 217 g/mol. The van der Waals surface area contributed by atoms with Gasteiger partial charge in [0.1, 0.15) is 6.04 Å². The van der Waals surface area contributed by atoms with E-state index in [2.05, 4.69) is 0 Å². The lowest BCUT2D eigenvalue weighted by Crippen LogP contribution is -2.41. The van der Waals surface area contributed by atoms with E-state index in [9.17, 15) is 9.59 Å². The average molecular weight is 217 g/mol. The summed E-state index contributed by atoms with van der Waals surface area (Å²) in [6.07, 6.45) is 0.255. The molecule has 0 heterocycles. The topological polar surface area (TPSA) is 55.8 Å². The number of esters is 1. The Morgan fingerprint density at radius 3 is 2.33 bits per heavy atom. The van der Waals surface area contributed by atoms with Crippen LogP contribution in [0, 0.1) is 0 Å². The van der Waals surface area contributed by atoms with Crippen LogP contribution in [0.1, 0.15) is 27.2 Å². The van der Waals surface area contributed by atoms with Gasteiger partial charge in [0, 0.05) is 7.05 Å². The number of carbonyl (C=O) groups is 2. The molecule has 0 aliphatic heterocycles. The van der Waals surface area contributed by atoms with Crippen LogP contribution < -0.4 is 0 Å².